The summed E-state index contributed by atoms with van der Waals surface area (Å²) in [5, 5.41) is 0. The van der Waals surface area contributed by atoms with Crippen molar-refractivity contribution in [1.29, 1.82) is 0 Å². The summed E-state index contributed by atoms with van der Waals surface area (Å²) in [6.45, 7) is 9.93. The summed E-state index contributed by atoms with van der Waals surface area (Å²) in [6.07, 6.45) is 0. The van der Waals surface area contributed by atoms with Gasteiger partial charge in [0.2, 0.25) is 0 Å². The maximum atomic E-state index is 10.8. The summed E-state index contributed by atoms with van der Waals surface area (Å²) in [5.74, 6) is -0.447. The Labute approximate surface area is 105 Å². The molecular weight excluding hydrogens is 401 g/mol. The first kappa shape index (κ1) is 15.1. The molecule has 0 bridgehead atoms. The molecule has 0 saturated heterocycles. The molecule has 1 atom stereocenters. The van der Waals surface area contributed by atoms with Crippen molar-refractivity contribution >= 4 is 20.0 Å². The molecule has 0 fully saturated rings. The third-order valence-electron chi connectivity index (χ3n) is 2.20. The fourth-order valence-corrected chi connectivity index (χ4v) is 11.2. The molecule has 0 aromatic carbocycles. The number of carbonyl (C=O) groups excluding carboxylic acids is 2. The van der Waals surface area contributed by atoms with Crippen molar-refractivity contribution in [3.8, 4) is 0 Å². The van der Waals surface area contributed by atoms with E-state index in [4.69, 9.17) is 7.38 Å². The van der Waals surface area contributed by atoms with E-state index in [1.807, 2.05) is 0 Å². The molecule has 0 aromatic rings. The minimum atomic E-state index is -1.70. The molecule has 0 radical (unpaired) electrons. The van der Waals surface area contributed by atoms with Gasteiger partial charge >= 0.3 is 105 Å². The van der Waals surface area contributed by atoms with E-state index in [0.29, 0.717) is 9.66 Å². The van der Waals surface area contributed by atoms with Crippen LogP contribution in [0.5, 0.6) is 0 Å². The average Bonchev–Trinajstić information content (AvgIpc) is 2.00. The van der Waals surface area contributed by atoms with E-state index in [9.17, 15) is 9.59 Å². The Morgan fingerprint density at radius 3 is 2.07 bits per heavy atom. The van der Waals surface area contributed by atoms with Gasteiger partial charge in [-0.25, -0.2) is 0 Å². The van der Waals surface area contributed by atoms with Gasteiger partial charge in [-0.15, -0.1) is 0 Å². The Morgan fingerprint density at radius 2 is 1.73 bits per heavy atom. The topological polar surface area (TPSA) is 52.6 Å². The summed E-state index contributed by atoms with van der Waals surface area (Å²) >= 11 is -1.70. The average molecular weight is 419 g/mol. The van der Waals surface area contributed by atoms with Crippen LogP contribution in [0.3, 0.4) is 0 Å². The number of carbonyl (C=O) groups is 2. The van der Waals surface area contributed by atoms with Gasteiger partial charge in [0.05, 0.1) is 0 Å². The van der Waals surface area contributed by atoms with Gasteiger partial charge in [-0.05, 0) is 0 Å². The SMILES string of the molecule is CC(=O)OC[CH]([Hg][O]C(C)=O)[Si](C)(C)C. The first-order valence-electron chi connectivity index (χ1n) is 5.00. The minimum absolute atomic E-state index is 0.192. The molecule has 0 aromatic heterocycles. The molecule has 15 heavy (non-hydrogen) atoms. The fourth-order valence-electron chi connectivity index (χ4n) is 0.984. The van der Waals surface area contributed by atoms with Crippen molar-refractivity contribution in [2.45, 2.75) is 36.5 Å². The van der Waals surface area contributed by atoms with Gasteiger partial charge in [0.25, 0.3) is 0 Å². The van der Waals surface area contributed by atoms with Crippen LogP contribution in [0.25, 0.3) is 0 Å². The second kappa shape index (κ2) is 6.63. The maximum absolute atomic E-state index is 10.8. The number of esters is 1. The molecule has 0 amide bonds. The van der Waals surface area contributed by atoms with Crippen LogP contribution in [0.4, 0.5) is 0 Å². The molecule has 0 rings (SSSR count). The first-order valence-corrected chi connectivity index (χ1v) is 14.0. The van der Waals surface area contributed by atoms with Crippen LogP contribution in [0.2, 0.25) is 22.7 Å². The van der Waals surface area contributed by atoms with Gasteiger partial charge in [-0.2, -0.15) is 0 Å². The van der Waals surface area contributed by atoms with E-state index in [0.717, 1.165) is 0 Å². The summed E-state index contributed by atoms with van der Waals surface area (Å²) in [7, 11) is -1.38. The second-order valence-electron chi connectivity index (χ2n) is 4.67. The second-order valence-corrected chi connectivity index (χ2v) is 19.6. The van der Waals surface area contributed by atoms with E-state index in [-0.39, 0.29) is 11.9 Å². The molecular formula is C9H18HgO4Si. The molecule has 0 aliphatic rings. The Kier molecular flexibility index (Phi) is 6.67. The standard InChI is InChI=1S/C7H15O2Si.C2H4O2.Hg/c1-7(8)9-5-6-10(2,3)4;1-2(3)4;/h6H,5H2,1-4H3;1H3,(H,3,4);/q;;+1/p-1. The number of ether oxygens (including phenoxy) is 1. The quantitative estimate of drug-likeness (QED) is 0.504. The predicted molar refractivity (Wildman–Crippen MR) is 55.5 cm³/mol. The molecule has 0 aliphatic carbocycles. The number of hydrogen-bond acceptors (Lipinski definition) is 4. The van der Waals surface area contributed by atoms with E-state index < -0.39 is 33.1 Å². The zero-order valence-electron chi connectivity index (χ0n) is 10.1. The van der Waals surface area contributed by atoms with Gasteiger partial charge in [0.1, 0.15) is 0 Å². The predicted octanol–water partition coefficient (Wildman–Crippen LogP) is 1.78. The van der Waals surface area contributed by atoms with Crippen LogP contribution in [-0.2, 0) is 42.0 Å². The molecule has 6 heteroatoms. The van der Waals surface area contributed by atoms with E-state index in [1.54, 1.807) is 0 Å². The third kappa shape index (κ3) is 7.96. The molecule has 1 unspecified atom stereocenters. The van der Waals surface area contributed by atoms with Gasteiger partial charge in [-0.1, -0.05) is 0 Å². The Bertz CT molecular complexity index is 219. The molecule has 84 valence electrons. The van der Waals surface area contributed by atoms with Crippen molar-refractivity contribution in [2.24, 2.45) is 0 Å². The van der Waals surface area contributed by atoms with Crippen LogP contribution < -0.4 is 0 Å². The summed E-state index contributed by atoms with van der Waals surface area (Å²) in [4.78, 5) is 21.5. The van der Waals surface area contributed by atoms with Gasteiger partial charge in [0.15, 0.2) is 0 Å². The summed E-state index contributed by atoms with van der Waals surface area (Å²) < 4.78 is 10.6. The summed E-state index contributed by atoms with van der Waals surface area (Å²) in [5.41, 5.74) is 0. The van der Waals surface area contributed by atoms with Crippen molar-refractivity contribution < 1.29 is 42.0 Å². The van der Waals surface area contributed by atoms with Crippen LogP contribution in [-0.4, -0.2) is 26.6 Å². The van der Waals surface area contributed by atoms with Crippen LogP contribution >= 0.6 is 0 Å². The zero-order chi connectivity index (χ0) is 12.1. The van der Waals surface area contributed by atoms with Crippen molar-refractivity contribution in [3.63, 3.8) is 0 Å². The molecule has 0 aliphatic heterocycles. The van der Waals surface area contributed by atoms with Gasteiger partial charge < -0.3 is 0 Å². The van der Waals surface area contributed by atoms with E-state index >= 15 is 0 Å². The number of rotatable bonds is 5. The Hall–Kier alpha value is 0.0919. The van der Waals surface area contributed by atoms with Crippen molar-refractivity contribution in [1.82, 2.24) is 0 Å². The van der Waals surface area contributed by atoms with E-state index in [2.05, 4.69) is 19.6 Å². The third-order valence-corrected chi connectivity index (χ3v) is 25.3. The Morgan fingerprint density at radius 1 is 1.20 bits per heavy atom. The normalized spacial score (nSPS) is 12.6. The molecule has 0 heterocycles. The fraction of sp³-hybridized carbons (Fsp3) is 0.778. The first-order chi connectivity index (χ1) is 6.73. The van der Waals surface area contributed by atoms with Crippen LogP contribution in [0.1, 0.15) is 13.8 Å². The summed E-state index contributed by atoms with van der Waals surface area (Å²) in [6, 6.07) is 0. The van der Waals surface area contributed by atoms with Crippen LogP contribution in [0, 0.1) is 0 Å². The molecule has 0 saturated carbocycles. The molecule has 0 spiro atoms. The van der Waals surface area contributed by atoms with E-state index in [1.165, 1.54) is 13.8 Å². The zero-order valence-corrected chi connectivity index (χ0v) is 16.6. The van der Waals surface area contributed by atoms with Crippen molar-refractivity contribution in [2.75, 3.05) is 6.61 Å². The van der Waals surface area contributed by atoms with Gasteiger partial charge in [0, 0.05) is 0 Å². The van der Waals surface area contributed by atoms with Gasteiger partial charge in [-0.3, -0.25) is 0 Å². The molecule has 4 nitrogen and oxygen atoms in total. The monoisotopic (exact) mass is 420 g/mol. The molecule has 0 N–H and O–H groups in total. The number of hydrogen-bond donors (Lipinski definition) is 0. The van der Waals surface area contributed by atoms with Crippen molar-refractivity contribution in [3.05, 3.63) is 0 Å². The van der Waals surface area contributed by atoms with Crippen LogP contribution in [0.15, 0.2) is 0 Å². The Balaban J connectivity index is 4.19.